The van der Waals surface area contributed by atoms with Gasteiger partial charge in [-0.25, -0.2) is 9.59 Å². The van der Waals surface area contributed by atoms with E-state index in [0.29, 0.717) is 16.8 Å². The standard InChI is InChI=1S/C13H9N3O3/c14-5-7-1-3-8(4-2-7)11-10-9(6-19-12(10)17)15-13(18)16-11/h1-4,11H,6H2,(H2,15,16,18)/t11-/m0/s1. The van der Waals surface area contributed by atoms with Crippen LogP contribution >= 0.6 is 0 Å². The van der Waals surface area contributed by atoms with Gasteiger partial charge >= 0.3 is 12.0 Å². The summed E-state index contributed by atoms with van der Waals surface area (Å²) in [4.78, 5) is 23.2. The third kappa shape index (κ3) is 1.81. The molecule has 2 heterocycles. The number of urea groups is 1. The second kappa shape index (κ2) is 4.14. The number of rotatable bonds is 1. The number of esters is 1. The van der Waals surface area contributed by atoms with E-state index in [0.717, 1.165) is 5.56 Å². The number of ether oxygens (including phenoxy) is 1. The molecule has 3 rings (SSSR count). The summed E-state index contributed by atoms with van der Waals surface area (Å²) in [5.41, 5.74) is 2.18. The van der Waals surface area contributed by atoms with E-state index in [1.54, 1.807) is 24.3 Å². The van der Waals surface area contributed by atoms with E-state index >= 15 is 0 Å². The van der Waals surface area contributed by atoms with Crippen molar-refractivity contribution in [1.82, 2.24) is 10.6 Å². The average Bonchev–Trinajstić information content (AvgIpc) is 2.79. The number of benzene rings is 1. The zero-order valence-electron chi connectivity index (χ0n) is 9.77. The number of cyclic esters (lactones) is 1. The summed E-state index contributed by atoms with van der Waals surface area (Å²) < 4.78 is 4.92. The fraction of sp³-hybridized carbons (Fsp3) is 0.154. The summed E-state index contributed by atoms with van der Waals surface area (Å²) in [5.74, 6) is -0.433. The van der Waals surface area contributed by atoms with Crippen LogP contribution in [0.2, 0.25) is 0 Å². The third-order valence-electron chi connectivity index (χ3n) is 3.09. The molecule has 0 unspecified atom stereocenters. The van der Waals surface area contributed by atoms with Crippen LogP contribution in [0.25, 0.3) is 0 Å². The Bertz CT molecular complexity index is 640. The van der Waals surface area contributed by atoms with Crippen molar-refractivity contribution in [2.24, 2.45) is 0 Å². The number of carbonyl (C=O) groups excluding carboxylic acids is 2. The Hall–Kier alpha value is -2.81. The molecule has 0 saturated carbocycles. The number of nitriles is 1. The topological polar surface area (TPSA) is 91.2 Å². The van der Waals surface area contributed by atoms with Gasteiger partial charge in [0.2, 0.25) is 0 Å². The van der Waals surface area contributed by atoms with Crippen LogP contribution in [0.3, 0.4) is 0 Å². The maximum atomic E-state index is 11.7. The largest absolute Gasteiger partial charge is 0.456 e. The van der Waals surface area contributed by atoms with Gasteiger partial charge in [0.25, 0.3) is 0 Å². The lowest BCUT2D eigenvalue weighted by Crippen LogP contribution is -2.44. The summed E-state index contributed by atoms with van der Waals surface area (Å²) in [6, 6.07) is 7.83. The fourth-order valence-corrected chi connectivity index (χ4v) is 2.19. The second-order valence-electron chi connectivity index (χ2n) is 4.23. The van der Waals surface area contributed by atoms with Gasteiger partial charge in [0.1, 0.15) is 6.61 Å². The zero-order valence-corrected chi connectivity index (χ0v) is 9.77. The highest BCUT2D eigenvalue weighted by Gasteiger charge is 2.37. The van der Waals surface area contributed by atoms with Gasteiger partial charge in [-0.3, -0.25) is 0 Å². The molecule has 1 aromatic rings. The van der Waals surface area contributed by atoms with Gasteiger partial charge in [-0.2, -0.15) is 5.26 Å². The molecular formula is C13H9N3O3. The molecule has 94 valence electrons. The number of amides is 2. The Kier molecular flexibility index (Phi) is 2.46. The minimum Gasteiger partial charge on any atom is -0.456 e. The molecule has 0 aromatic heterocycles. The smallest absolute Gasteiger partial charge is 0.338 e. The molecule has 6 nitrogen and oxygen atoms in total. The first-order chi connectivity index (χ1) is 9.19. The Balaban J connectivity index is 2.02. The van der Waals surface area contributed by atoms with Crippen LogP contribution in [-0.2, 0) is 9.53 Å². The molecule has 2 aliphatic rings. The third-order valence-corrected chi connectivity index (χ3v) is 3.09. The van der Waals surface area contributed by atoms with E-state index in [9.17, 15) is 9.59 Å². The summed E-state index contributed by atoms with van der Waals surface area (Å²) in [7, 11) is 0. The van der Waals surface area contributed by atoms with Crippen molar-refractivity contribution in [3.05, 3.63) is 46.7 Å². The summed E-state index contributed by atoms with van der Waals surface area (Å²) in [6.07, 6.45) is 0. The Morgan fingerprint density at radius 2 is 2.00 bits per heavy atom. The van der Waals surface area contributed by atoms with Crippen molar-refractivity contribution < 1.29 is 14.3 Å². The van der Waals surface area contributed by atoms with Gasteiger partial charge in [-0.1, -0.05) is 12.1 Å². The first-order valence-corrected chi connectivity index (χ1v) is 5.67. The van der Waals surface area contributed by atoms with Crippen LogP contribution in [0.5, 0.6) is 0 Å². The summed E-state index contributed by atoms with van der Waals surface area (Å²) >= 11 is 0. The number of carbonyl (C=O) groups is 2. The fourth-order valence-electron chi connectivity index (χ4n) is 2.19. The van der Waals surface area contributed by atoms with Crippen LogP contribution in [0, 0.1) is 11.3 Å². The van der Waals surface area contributed by atoms with Crippen LogP contribution in [-0.4, -0.2) is 18.6 Å². The molecule has 2 N–H and O–H groups in total. The van der Waals surface area contributed by atoms with Gasteiger partial charge in [-0.15, -0.1) is 0 Å². The SMILES string of the molecule is N#Cc1ccc([C@@H]2NC(=O)NC3=C2C(=O)OC3)cc1. The maximum Gasteiger partial charge on any atom is 0.338 e. The molecule has 2 aliphatic heterocycles. The highest BCUT2D eigenvalue weighted by Crippen LogP contribution is 2.30. The molecular weight excluding hydrogens is 246 g/mol. The molecule has 0 aliphatic carbocycles. The van der Waals surface area contributed by atoms with E-state index < -0.39 is 12.0 Å². The molecule has 1 aromatic carbocycles. The predicted octanol–water partition coefficient (Wildman–Crippen LogP) is 0.723. The van der Waals surface area contributed by atoms with Gasteiger partial charge in [0.15, 0.2) is 0 Å². The van der Waals surface area contributed by atoms with Gasteiger partial charge in [-0.05, 0) is 17.7 Å². The molecule has 0 spiro atoms. The van der Waals surface area contributed by atoms with E-state index in [1.165, 1.54) is 0 Å². The van der Waals surface area contributed by atoms with E-state index in [4.69, 9.17) is 10.00 Å². The van der Waals surface area contributed by atoms with Crippen molar-refractivity contribution in [1.29, 1.82) is 5.26 Å². The monoisotopic (exact) mass is 255 g/mol. The van der Waals surface area contributed by atoms with Crippen molar-refractivity contribution >= 4 is 12.0 Å². The Morgan fingerprint density at radius 3 is 2.68 bits per heavy atom. The highest BCUT2D eigenvalue weighted by atomic mass is 16.5. The maximum absolute atomic E-state index is 11.7. The number of hydrogen-bond donors (Lipinski definition) is 2. The van der Waals surface area contributed by atoms with Gasteiger partial charge in [0, 0.05) is 0 Å². The molecule has 0 fully saturated rings. The second-order valence-corrected chi connectivity index (χ2v) is 4.23. The van der Waals surface area contributed by atoms with Crippen LogP contribution in [0.4, 0.5) is 4.79 Å². The number of hydrogen-bond acceptors (Lipinski definition) is 4. The number of nitrogens with zero attached hydrogens (tertiary/aromatic N) is 1. The first kappa shape index (κ1) is 11.3. The van der Waals surface area contributed by atoms with Gasteiger partial charge in [0.05, 0.1) is 28.9 Å². The Morgan fingerprint density at radius 1 is 1.26 bits per heavy atom. The van der Waals surface area contributed by atoms with E-state index in [1.807, 2.05) is 6.07 Å². The molecule has 0 radical (unpaired) electrons. The lowest BCUT2D eigenvalue weighted by Gasteiger charge is -2.24. The lowest BCUT2D eigenvalue weighted by atomic mass is 9.96. The average molecular weight is 255 g/mol. The normalized spacial score (nSPS) is 21.1. The molecule has 2 amide bonds. The summed E-state index contributed by atoms with van der Waals surface area (Å²) in [6.45, 7) is 0.0916. The molecule has 1 atom stereocenters. The van der Waals surface area contributed by atoms with Crippen molar-refractivity contribution in [2.45, 2.75) is 6.04 Å². The van der Waals surface area contributed by atoms with Crippen LogP contribution in [0.1, 0.15) is 17.2 Å². The Labute approximate surface area is 108 Å². The molecule has 0 saturated heterocycles. The lowest BCUT2D eigenvalue weighted by molar-refractivity contribution is -0.136. The van der Waals surface area contributed by atoms with Crippen molar-refractivity contribution in [2.75, 3.05) is 6.61 Å². The number of nitrogens with one attached hydrogen (secondary N) is 2. The summed E-state index contributed by atoms with van der Waals surface area (Å²) in [5, 5.41) is 14.0. The highest BCUT2D eigenvalue weighted by molar-refractivity contribution is 5.97. The molecule has 19 heavy (non-hydrogen) atoms. The molecule has 6 heteroatoms. The van der Waals surface area contributed by atoms with Crippen LogP contribution < -0.4 is 10.6 Å². The van der Waals surface area contributed by atoms with Crippen LogP contribution in [0.15, 0.2) is 35.5 Å². The van der Waals surface area contributed by atoms with E-state index in [2.05, 4.69) is 10.6 Å². The quantitative estimate of drug-likeness (QED) is 0.723. The predicted molar refractivity (Wildman–Crippen MR) is 63.6 cm³/mol. The van der Waals surface area contributed by atoms with Crippen molar-refractivity contribution in [3.8, 4) is 6.07 Å². The van der Waals surface area contributed by atoms with E-state index in [-0.39, 0.29) is 12.6 Å². The first-order valence-electron chi connectivity index (χ1n) is 5.67. The minimum atomic E-state index is -0.536. The minimum absolute atomic E-state index is 0.0916. The van der Waals surface area contributed by atoms with Gasteiger partial charge < -0.3 is 15.4 Å². The molecule has 0 bridgehead atoms. The zero-order chi connectivity index (χ0) is 13.4. The van der Waals surface area contributed by atoms with Crippen molar-refractivity contribution in [3.63, 3.8) is 0 Å².